The summed E-state index contributed by atoms with van der Waals surface area (Å²) < 4.78 is 5.31. The van der Waals surface area contributed by atoms with Crippen molar-refractivity contribution >= 4 is 11.6 Å². The monoisotopic (exact) mass is 335 g/mol. The number of carbonyl (C=O) groups excluding carboxylic acids is 1. The van der Waals surface area contributed by atoms with Crippen LogP contribution in [0.3, 0.4) is 0 Å². The minimum absolute atomic E-state index is 0.0649. The Morgan fingerprint density at radius 3 is 2.96 bits per heavy atom. The van der Waals surface area contributed by atoms with E-state index in [4.69, 9.17) is 10.00 Å². The molecule has 1 atom stereocenters. The molecule has 5 nitrogen and oxygen atoms in total. The molecule has 2 aromatic rings. The third-order valence-electron chi connectivity index (χ3n) is 4.46. The first-order valence-corrected chi connectivity index (χ1v) is 8.37. The Morgan fingerprint density at radius 2 is 2.16 bits per heavy atom. The van der Waals surface area contributed by atoms with Crippen LogP contribution in [0.5, 0.6) is 5.75 Å². The fourth-order valence-electron chi connectivity index (χ4n) is 3.29. The summed E-state index contributed by atoms with van der Waals surface area (Å²) >= 11 is 0. The highest BCUT2D eigenvalue weighted by Crippen LogP contribution is 2.33. The molecule has 0 aromatic heterocycles. The lowest BCUT2D eigenvalue weighted by atomic mass is 10.0. The Bertz CT molecular complexity index is 798. The van der Waals surface area contributed by atoms with Crippen molar-refractivity contribution in [2.45, 2.75) is 18.9 Å². The highest BCUT2D eigenvalue weighted by atomic mass is 16.5. The first-order chi connectivity index (χ1) is 12.2. The Balaban J connectivity index is 1.66. The molecule has 0 aliphatic carbocycles. The molecular weight excluding hydrogens is 314 g/mol. The Hall–Kier alpha value is -2.84. The van der Waals surface area contributed by atoms with Crippen molar-refractivity contribution in [1.29, 1.82) is 5.26 Å². The van der Waals surface area contributed by atoms with E-state index in [0.29, 0.717) is 17.8 Å². The first-order valence-electron chi connectivity index (χ1n) is 8.37. The lowest BCUT2D eigenvalue weighted by Gasteiger charge is -2.24. The number of likely N-dealkylation sites (tertiary alicyclic amines) is 1. The number of carbonyl (C=O) groups is 1. The minimum Gasteiger partial charge on any atom is -0.497 e. The maximum Gasteiger partial charge on any atom is 0.238 e. The predicted molar refractivity (Wildman–Crippen MR) is 96.3 cm³/mol. The molecule has 1 saturated heterocycles. The SMILES string of the molecule is COc1cccc([C@H]2CCCN2CC(=O)Nc2cccc(C#N)c2)c1. The van der Waals surface area contributed by atoms with Crippen LogP contribution in [0.15, 0.2) is 48.5 Å². The van der Waals surface area contributed by atoms with Crippen molar-refractivity contribution in [2.24, 2.45) is 0 Å². The average Bonchev–Trinajstić information content (AvgIpc) is 3.09. The molecule has 25 heavy (non-hydrogen) atoms. The van der Waals surface area contributed by atoms with Crippen LogP contribution in [-0.2, 0) is 4.79 Å². The van der Waals surface area contributed by atoms with E-state index in [1.807, 2.05) is 18.2 Å². The van der Waals surface area contributed by atoms with Gasteiger partial charge in [0, 0.05) is 11.7 Å². The zero-order chi connectivity index (χ0) is 17.6. The van der Waals surface area contributed by atoms with E-state index in [1.54, 1.807) is 31.4 Å². The fraction of sp³-hybridized carbons (Fsp3) is 0.300. The number of anilines is 1. The summed E-state index contributed by atoms with van der Waals surface area (Å²) in [6, 6.07) is 17.3. The number of nitrogens with one attached hydrogen (secondary N) is 1. The van der Waals surface area contributed by atoms with E-state index in [9.17, 15) is 4.79 Å². The van der Waals surface area contributed by atoms with E-state index < -0.39 is 0 Å². The number of amides is 1. The maximum absolute atomic E-state index is 12.4. The molecule has 0 unspecified atom stereocenters. The second kappa shape index (κ2) is 7.82. The highest BCUT2D eigenvalue weighted by molar-refractivity contribution is 5.92. The standard InChI is InChI=1S/C20H21N3O2/c1-25-18-8-3-6-16(12-18)19-9-4-10-23(19)14-20(24)22-17-7-2-5-15(11-17)13-21/h2-3,5-8,11-12,19H,4,9-10,14H2,1H3,(H,22,24)/t19-/m1/s1. The van der Waals surface area contributed by atoms with Gasteiger partial charge in [-0.2, -0.15) is 5.26 Å². The Morgan fingerprint density at radius 1 is 1.32 bits per heavy atom. The van der Waals surface area contributed by atoms with Crippen LogP contribution >= 0.6 is 0 Å². The maximum atomic E-state index is 12.4. The number of benzene rings is 2. The van der Waals surface area contributed by atoms with Gasteiger partial charge in [-0.3, -0.25) is 9.69 Å². The Labute approximate surface area is 147 Å². The zero-order valence-corrected chi connectivity index (χ0v) is 14.2. The topological polar surface area (TPSA) is 65.4 Å². The summed E-state index contributed by atoms with van der Waals surface area (Å²) in [5.41, 5.74) is 2.37. The van der Waals surface area contributed by atoms with Gasteiger partial charge in [-0.15, -0.1) is 0 Å². The van der Waals surface area contributed by atoms with Gasteiger partial charge in [0.2, 0.25) is 5.91 Å². The second-order valence-corrected chi connectivity index (χ2v) is 6.15. The summed E-state index contributed by atoms with van der Waals surface area (Å²) in [5.74, 6) is 0.770. The number of nitriles is 1. The van der Waals surface area contributed by atoms with Gasteiger partial charge in [-0.25, -0.2) is 0 Å². The number of rotatable bonds is 5. The molecule has 0 bridgehead atoms. The molecule has 2 aromatic carbocycles. The van der Waals surface area contributed by atoms with Crippen molar-refractivity contribution < 1.29 is 9.53 Å². The quantitative estimate of drug-likeness (QED) is 0.910. The number of nitrogens with zero attached hydrogens (tertiary/aromatic N) is 2. The van der Waals surface area contributed by atoms with Crippen molar-refractivity contribution in [3.05, 3.63) is 59.7 Å². The predicted octanol–water partition coefficient (Wildman–Crippen LogP) is 3.34. The van der Waals surface area contributed by atoms with Gasteiger partial charge >= 0.3 is 0 Å². The van der Waals surface area contributed by atoms with Crippen molar-refractivity contribution in [1.82, 2.24) is 4.90 Å². The summed E-state index contributed by atoms with van der Waals surface area (Å²) in [4.78, 5) is 14.6. The zero-order valence-electron chi connectivity index (χ0n) is 14.2. The van der Waals surface area contributed by atoms with Gasteiger partial charge < -0.3 is 10.1 Å². The number of ether oxygens (including phenoxy) is 1. The van der Waals surface area contributed by atoms with Crippen LogP contribution in [0.2, 0.25) is 0 Å². The van der Waals surface area contributed by atoms with E-state index in [-0.39, 0.29) is 11.9 Å². The van der Waals surface area contributed by atoms with Crippen molar-refractivity contribution in [3.63, 3.8) is 0 Å². The van der Waals surface area contributed by atoms with Crippen molar-refractivity contribution in [2.75, 3.05) is 25.5 Å². The second-order valence-electron chi connectivity index (χ2n) is 6.15. The molecule has 1 fully saturated rings. The number of hydrogen-bond acceptors (Lipinski definition) is 4. The molecule has 0 saturated carbocycles. The molecule has 1 heterocycles. The normalized spacial score (nSPS) is 17.0. The van der Waals surface area contributed by atoms with E-state index in [0.717, 1.165) is 25.1 Å². The minimum atomic E-state index is -0.0649. The molecular formula is C20H21N3O2. The van der Waals surface area contributed by atoms with Gasteiger partial charge in [-0.1, -0.05) is 18.2 Å². The third-order valence-corrected chi connectivity index (χ3v) is 4.46. The molecule has 0 spiro atoms. The fourth-order valence-corrected chi connectivity index (χ4v) is 3.29. The first kappa shape index (κ1) is 17.0. The average molecular weight is 335 g/mol. The molecule has 128 valence electrons. The van der Waals surface area contributed by atoms with Gasteiger partial charge in [0.1, 0.15) is 5.75 Å². The summed E-state index contributed by atoms with van der Waals surface area (Å²) in [5, 5.41) is 11.8. The van der Waals surface area contributed by atoms with E-state index in [2.05, 4.69) is 22.4 Å². The van der Waals surface area contributed by atoms with E-state index in [1.165, 1.54) is 5.56 Å². The largest absolute Gasteiger partial charge is 0.497 e. The Kier molecular flexibility index (Phi) is 5.32. The van der Waals surface area contributed by atoms with Crippen LogP contribution in [0.25, 0.3) is 0 Å². The van der Waals surface area contributed by atoms with Crippen LogP contribution in [-0.4, -0.2) is 31.0 Å². The highest BCUT2D eigenvalue weighted by Gasteiger charge is 2.27. The van der Waals surface area contributed by atoms with Gasteiger partial charge in [0.05, 0.1) is 25.3 Å². The summed E-state index contributed by atoms with van der Waals surface area (Å²) in [6.07, 6.45) is 2.10. The van der Waals surface area contributed by atoms with Crippen LogP contribution in [0, 0.1) is 11.3 Å². The molecule has 1 aliphatic heterocycles. The molecule has 1 aliphatic rings. The number of hydrogen-bond donors (Lipinski definition) is 1. The lowest BCUT2D eigenvalue weighted by Crippen LogP contribution is -2.32. The van der Waals surface area contributed by atoms with Crippen LogP contribution < -0.4 is 10.1 Å². The molecule has 3 rings (SSSR count). The molecule has 5 heteroatoms. The molecule has 1 N–H and O–H groups in total. The van der Waals surface area contributed by atoms with Crippen LogP contribution in [0.1, 0.15) is 30.0 Å². The third kappa shape index (κ3) is 4.17. The lowest BCUT2D eigenvalue weighted by molar-refractivity contribution is -0.117. The summed E-state index contributed by atoms with van der Waals surface area (Å²) in [6.45, 7) is 1.23. The van der Waals surface area contributed by atoms with Gasteiger partial charge in [0.25, 0.3) is 0 Å². The molecule has 1 amide bonds. The van der Waals surface area contributed by atoms with Gasteiger partial charge in [0.15, 0.2) is 0 Å². The number of methoxy groups -OCH3 is 1. The summed E-state index contributed by atoms with van der Waals surface area (Å²) in [7, 11) is 1.66. The van der Waals surface area contributed by atoms with E-state index >= 15 is 0 Å². The smallest absolute Gasteiger partial charge is 0.238 e. The van der Waals surface area contributed by atoms with Crippen molar-refractivity contribution in [3.8, 4) is 11.8 Å². The van der Waals surface area contributed by atoms with Crippen LogP contribution in [0.4, 0.5) is 5.69 Å². The molecule has 0 radical (unpaired) electrons. The van der Waals surface area contributed by atoms with Gasteiger partial charge in [-0.05, 0) is 55.3 Å².